The lowest BCUT2D eigenvalue weighted by Gasteiger charge is -2.21. The number of nitrogens with one attached hydrogen (secondary N) is 1. The Labute approximate surface area is 158 Å². The second-order valence-electron chi connectivity index (χ2n) is 6.05. The van der Waals surface area contributed by atoms with E-state index < -0.39 is 21.7 Å². The Morgan fingerprint density at radius 3 is 2.26 bits per heavy atom. The van der Waals surface area contributed by atoms with Crippen LogP contribution in [0.3, 0.4) is 0 Å². The van der Waals surface area contributed by atoms with Crippen molar-refractivity contribution in [3.63, 3.8) is 0 Å². The number of anilines is 1. The molecule has 0 aliphatic heterocycles. The Hall–Kier alpha value is -2.48. The summed E-state index contributed by atoms with van der Waals surface area (Å²) in [6, 6.07) is 8.36. The van der Waals surface area contributed by atoms with Crippen molar-refractivity contribution in [3.05, 3.63) is 59.7 Å². The van der Waals surface area contributed by atoms with Crippen molar-refractivity contribution in [2.24, 2.45) is 0 Å². The van der Waals surface area contributed by atoms with Gasteiger partial charge in [-0.2, -0.15) is 0 Å². The van der Waals surface area contributed by atoms with Crippen molar-refractivity contribution < 1.29 is 22.0 Å². The Kier molecular flexibility index (Phi) is 6.90. The van der Waals surface area contributed by atoms with E-state index in [0.29, 0.717) is 13.1 Å². The minimum absolute atomic E-state index is 0.107. The summed E-state index contributed by atoms with van der Waals surface area (Å²) in [6.07, 6.45) is 1.59. The van der Waals surface area contributed by atoms with E-state index in [2.05, 4.69) is 4.72 Å². The highest BCUT2D eigenvalue weighted by molar-refractivity contribution is 7.92. The molecule has 8 heteroatoms. The molecule has 0 unspecified atom stereocenters. The summed E-state index contributed by atoms with van der Waals surface area (Å²) in [4.78, 5) is 14.2. The van der Waals surface area contributed by atoms with Crippen LogP contribution in [0.1, 0.15) is 37.0 Å². The molecule has 0 aliphatic rings. The van der Waals surface area contributed by atoms with E-state index in [1.807, 2.05) is 13.8 Å². The predicted octanol–water partition coefficient (Wildman–Crippen LogP) is 4.03. The fourth-order valence-corrected chi connectivity index (χ4v) is 3.70. The zero-order valence-corrected chi connectivity index (χ0v) is 16.0. The van der Waals surface area contributed by atoms with Crippen LogP contribution in [-0.4, -0.2) is 32.3 Å². The second kappa shape index (κ2) is 8.94. The fraction of sp³-hybridized carbons (Fsp3) is 0.316. The minimum atomic E-state index is -4.06. The topological polar surface area (TPSA) is 66.5 Å². The molecule has 146 valence electrons. The van der Waals surface area contributed by atoms with E-state index in [1.165, 1.54) is 18.2 Å². The second-order valence-corrected chi connectivity index (χ2v) is 7.74. The zero-order chi connectivity index (χ0) is 20.0. The SMILES string of the molecule is CCCN(CCC)C(=O)c1cccc(S(=O)(=O)Nc2ccc(F)c(F)c2)c1. The van der Waals surface area contributed by atoms with Gasteiger partial charge >= 0.3 is 0 Å². The molecule has 2 rings (SSSR count). The average molecular weight is 396 g/mol. The number of amides is 1. The lowest BCUT2D eigenvalue weighted by molar-refractivity contribution is 0.0755. The number of carbonyl (C=O) groups is 1. The van der Waals surface area contributed by atoms with Gasteiger partial charge in [0.05, 0.1) is 10.6 Å². The standard InChI is InChI=1S/C19H22F2N2O3S/c1-3-10-23(11-4-2)19(24)14-6-5-7-16(12-14)27(25,26)22-15-8-9-17(20)18(21)13-15/h5-9,12-13,22H,3-4,10-11H2,1-2H3. The van der Waals surface area contributed by atoms with Crippen LogP contribution in [0.4, 0.5) is 14.5 Å². The molecule has 0 radical (unpaired) electrons. The highest BCUT2D eigenvalue weighted by Gasteiger charge is 2.19. The Morgan fingerprint density at radius 2 is 1.67 bits per heavy atom. The van der Waals surface area contributed by atoms with Gasteiger partial charge in [0.2, 0.25) is 0 Å². The van der Waals surface area contributed by atoms with Crippen LogP contribution in [0, 0.1) is 11.6 Å². The molecule has 0 spiro atoms. The maximum absolute atomic E-state index is 13.3. The van der Waals surface area contributed by atoms with Gasteiger partial charge in [-0.25, -0.2) is 17.2 Å². The molecular formula is C19H22F2N2O3S. The number of hydrogen-bond donors (Lipinski definition) is 1. The molecule has 0 heterocycles. The molecule has 2 aromatic carbocycles. The quantitative estimate of drug-likeness (QED) is 0.733. The first-order chi connectivity index (χ1) is 12.8. The molecule has 5 nitrogen and oxygen atoms in total. The molecule has 1 N–H and O–H groups in total. The third-order valence-corrected chi connectivity index (χ3v) is 5.22. The first-order valence-electron chi connectivity index (χ1n) is 8.65. The number of carbonyl (C=O) groups excluding carboxylic acids is 1. The smallest absolute Gasteiger partial charge is 0.261 e. The van der Waals surface area contributed by atoms with Gasteiger partial charge in [-0.05, 0) is 43.2 Å². The van der Waals surface area contributed by atoms with Crippen LogP contribution < -0.4 is 4.72 Å². The van der Waals surface area contributed by atoms with Crippen molar-refractivity contribution in [1.82, 2.24) is 4.90 Å². The highest BCUT2D eigenvalue weighted by Crippen LogP contribution is 2.20. The number of nitrogens with zero attached hydrogens (tertiary/aromatic N) is 1. The van der Waals surface area contributed by atoms with Crippen LogP contribution in [0.15, 0.2) is 47.4 Å². The molecule has 0 aromatic heterocycles. The molecule has 0 saturated heterocycles. The van der Waals surface area contributed by atoms with Crippen LogP contribution in [0.2, 0.25) is 0 Å². The van der Waals surface area contributed by atoms with Crippen LogP contribution >= 0.6 is 0 Å². The van der Waals surface area contributed by atoms with E-state index in [9.17, 15) is 22.0 Å². The number of benzene rings is 2. The lowest BCUT2D eigenvalue weighted by atomic mass is 10.2. The third kappa shape index (κ3) is 5.26. The van der Waals surface area contributed by atoms with E-state index in [4.69, 9.17) is 0 Å². The molecule has 0 bridgehead atoms. The Balaban J connectivity index is 2.29. The van der Waals surface area contributed by atoms with Gasteiger partial charge in [0, 0.05) is 24.7 Å². The molecule has 0 saturated carbocycles. The molecular weight excluding hydrogens is 374 g/mol. The zero-order valence-electron chi connectivity index (χ0n) is 15.2. The van der Waals surface area contributed by atoms with Crippen molar-refractivity contribution in [2.75, 3.05) is 17.8 Å². The maximum atomic E-state index is 13.3. The summed E-state index contributed by atoms with van der Waals surface area (Å²) >= 11 is 0. The first kappa shape index (κ1) is 20.8. The molecule has 27 heavy (non-hydrogen) atoms. The third-order valence-electron chi connectivity index (χ3n) is 3.84. The van der Waals surface area contributed by atoms with Crippen LogP contribution in [0.5, 0.6) is 0 Å². The summed E-state index contributed by atoms with van der Waals surface area (Å²) < 4.78 is 53.6. The molecule has 1 amide bonds. The van der Waals surface area contributed by atoms with Gasteiger partial charge in [-0.1, -0.05) is 19.9 Å². The summed E-state index contributed by atoms with van der Waals surface area (Å²) in [5, 5.41) is 0. The number of rotatable bonds is 8. The van der Waals surface area contributed by atoms with Gasteiger partial charge < -0.3 is 4.90 Å². The minimum Gasteiger partial charge on any atom is -0.339 e. The van der Waals surface area contributed by atoms with Gasteiger partial charge in [0.25, 0.3) is 15.9 Å². The normalized spacial score (nSPS) is 11.3. The summed E-state index contributed by atoms with van der Waals surface area (Å²) in [5.74, 6) is -2.48. The summed E-state index contributed by atoms with van der Waals surface area (Å²) in [7, 11) is -4.06. The predicted molar refractivity (Wildman–Crippen MR) is 100 cm³/mol. The van der Waals surface area contributed by atoms with E-state index in [1.54, 1.807) is 11.0 Å². The largest absolute Gasteiger partial charge is 0.339 e. The van der Waals surface area contributed by atoms with Gasteiger partial charge in [0.1, 0.15) is 0 Å². The molecule has 0 fully saturated rings. The fourth-order valence-electron chi connectivity index (χ4n) is 2.61. The number of hydrogen-bond acceptors (Lipinski definition) is 3. The average Bonchev–Trinajstić information content (AvgIpc) is 2.64. The van der Waals surface area contributed by atoms with Crippen LogP contribution in [-0.2, 0) is 10.0 Å². The molecule has 0 aliphatic carbocycles. The monoisotopic (exact) mass is 396 g/mol. The Bertz CT molecular complexity index is 911. The Morgan fingerprint density at radius 1 is 1.00 bits per heavy atom. The summed E-state index contributed by atoms with van der Waals surface area (Å²) in [6.45, 7) is 5.08. The van der Waals surface area contributed by atoms with E-state index >= 15 is 0 Å². The molecule has 0 atom stereocenters. The van der Waals surface area contributed by atoms with Gasteiger partial charge in [0.15, 0.2) is 11.6 Å². The highest BCUT2D eigenvalue weighted by atomic mass is 32.2. The lowest BCUT2D eigenvalue weighted by Crippen LogP contribution is -2.32. The van der Waals surface area contributed by atoms with Gasteiger partial charge in [-0.3, -0.25) is 9.52 Å². The van der Waals surface area contributed by atoms with E-state index in [-0.39, 0.29) is 22.1 Å². The van der Waals surface area contributed by atoms with E-state index in [0.717, 1.165) is 31.0 Å². The number of sulfonamides is 1. The van der Waals surface area contributed by atoms with Crippen molar-refractivity contribution >= 4 is 21.6 Å². The maximum Gasteiger partial charge on any atom is 0.261 e. The number of halogens is 2. The van der Waals surface area contributed by atoms with Crippen LogP contribution in [0.25, 0.3) is 0 Å². The van der Waals surface area contributed by atoms with Crippen molar-refractivity contribution in [3.8, 4) is 0 Å². The van der Waals surface area contributed by atoms with Gasteiger partial charge in [-0.15, -0.1) is 0 Å². The molecule has 2 aromatic rings. The first-order valence-corrected chi connectivity index (χ1v) is 10.1. The van der Waals surface area contributed by atoms with Crippen molar-refractivity contribution in [2.45, 2.75) is 31.6 Å². The van der Waals surface area contributed by atoms with Crippen molar-refractivity contribution in [1.29, 1.82) is 0 Å². The summed E-state index contributed by atoms with van der Waals surface area (Å²) in [5.41, 5.74) is 0.147.